The highest BCUT2D eigenvalue weighted by atomic mass is 19.4. The molecule has 1 fully saturated rings. The predicted octanol–water partition coefficient (Wildman–Crippen LogP) is 5.39. The van der Waals surface area contributed by atoms with Gasteiger partial charge < -0.3 is 14.2 Å². The lowest BCUT2D eigenvalue weighted by molar-refractivity contribution is -0.141. The molecule has 1 atom stereocenters. The average molecular weight is 551 g/mol. The van der Waals surface area contributed by atoms with E-state index in [9.17, 15) is 18.0 Å². The van der Waals surface area contributed by atoms with E-state index in [1.165, 1.54) is 10.9 Å². The standard InChI is InChI=1S/C29H29F3N6O2/c1-3-37-16-24(27(35-37)29(30,31)32)22-12-18(15-36-11-9-33-17-36)13-23-21(22)7-10-38(28(23)39)26(19-4-5-19)25-14-20(40-2)6-8-34-25/h6,8-9,11-14,16-17,19,26H,3-5,7,10,15H2,1-2H3/t26-/m0/s1. The molecule has 6 rings (SSSR count). The second-order valence-corrected chi connectivity index (χ2v) is 10.3. The summed E-state index contributed by atoms with van der Waals surface area (Å²) < 4.78 is 50.9. The van der Waals surface area contributed by atoms with Gasteiger partial charge in [0, 0.05) is 61.6 Å². The third-order valence-corrected chi connectivity index (χ3v) is 7.67. The van der Waals surface area contributed by atoms with Crippen LogP contribution in [0, 0.1) is 5.92 Å². The number of hydrogen-bond donors (Lipinski definition) is 0. The van der Waals surface area contributed by atoms with Crippen LogP contribution in [0.2, 0.25) is 0 Å². The van der Waals surface area contributed by atoms with Gasteiger partial charge in [0.25, 0.3) is 5.91 Å². The van der Waals surface area contributed by atoms with Gasteiger partial charge in [0.15, 0.2) is 5.69 Å². The number of amides is 1. The maximum absolute atomic E-state index is 14.2. The van der Waals surface area contributed by atoms with Crippen molar-refractivity contribution in [2.24, 2.45) is 5.92 Å². The fourth-order valence-corrected chi connectivity index (χ4v) is 5.64. The molecule has 4 heterocycles. The van der Waals surface area contributed by atoms with E-state index >= 15 is 0 Å². The van der Waals surface area contributed by atoms with Crippen LogP contribution in [-0.4, -0.2) is 48.8 Å². The van der Waals surface area contributed by atoms with E-state index in [1.54, 1.807) is 51.1 Å². The van der Waals surface area contributed by atoms with Gasteiger partial charge in [-0.2, -0.15) is 18.3 Å². The lowest BCUT2D eigenvalue weighted by atomic mass is 9.87. The number of nitrogens with zero attached hydrogens (tertiary/aromatic N) is 6. The highest BCUT2D eigenvalue weighted by Gasteiger charge is 2.43. The number of methoxy groups -OCH3 is 1. The van der Waals surface area contributed by atoms with Crippen LogP contribution in [0.25, 0.3) is 11.1 Å². The van der Waals surface area contributed by atoms with Crippen molar-refractivity contribution in [3.8, 4) is 16.9 Å². The Morgan fingerprint density at radius 2 is 1.93 bits per heavy atom. The lowest BCUT2D eigenvalue weighted by Gasteiger charge is -2.36. The van der Waals surface area contributed by atoms with Gasteiger partial charge in [0.2, 0.25) is 0 Å². The minimum atomic E-state index is -4.64. The molecule has 40 heavy (non-hydrogen) atoms. The Kier molecular flexibility index (Phi) is 6.59. The summed E-state index contributed by atoms with van der Waals surface area (Å²) in [7, 11) is 1.59. The molecule has 0 radical (unpaired) electrons. The van der Waals surface area contributed by atoms with Crippen LogP contribution in [0.15, 0.2) is 55.4 Å². The van der Waals surface area contributed by atoms with E-state index in [0.29, 0.717) is 54.1 Å². The third-order valence-electron chi connectivity index (χ3n) is 7.67. The highest BCUT2D eigenvalue weighted by molar-refractivity contribution is 5.99. The summed E-state index contributed by atoms with van der Waals surface area (Å²) in [6.07, 6.45) is 5.92. The van der Waals surface area contributed by atoms with Gasteiger partial charge in [-0.15, -0.1) is 0 Å². The molecular weight excluding hydrogens is 521 g/mol. The van der Waals surface area contributed by atoms with Crippen LogP contribution in [0.5, 0.6) is 5.75 Å². The molecule has 0 bridgehead atoms. The van der Waals surface area contributed by atoms with Gasteiger partial charge in [-0.25, -0.2) is 4.98 Å². The van der Waals surface area contributed by atoms with Crippen LogP contribution in [0.1, 0.15) is 58.7 Å². The largest absolute Gasteiger partial charge is 0.497 e. The number of ether oxygens (including phenoxy) is 1. The van der Waals surface area contributed by atoms with Gasteiger partial charge in [0.1, 0.15) is 5.75 Å². The van der Waals surface area contributed by atoms with Crippen LogP contribution in [-0.2, 0) is 25.7 Å². The van der Waals surface area contributed by atoms with E-state index in [1.807, 2.05) is 21.6 Å². The van der Waals surface area contributed by atoms with Crippen molar-refractivity contribution in [2.45, 2.75) is 51.5 Å². The predicted molar refractivity (Wildman–Crippen MR) is 141 cm³/mol. The van der Waals surface area contributed by atoms with Gasteiger partial charge in [-0.3, -0.25) is 14.5 Å². The minimum absolute atomic E-state index is 0.00691. The molecular formula is C29H29F3N6O2. The average Bonchev–Trinajstić information content (AvgIpc) is 3.44. The second kappa shape index (κ2) is 10.1. The maximum Gasteiger partial charge on any atom is 0.435 e. The number of fused-ring (bicyclic) bond motifs is 1. The number of aryl methyl sites for hydroxylation is 1. The summed E-state index contributed by atoms with van der Waals surface area (Å²) in [5, 5.41) is 3.84. The number of benzene rings is 1. The summed E-state index contributed by atoms with van der Waals surface area (Å²) >= 11 is 0. The Hall–Kier alpha value is -4.15. The Labute approximate surface area is 229 Å². The van der Waals surface area contributed by atoms with Crippen LogP contribution >= 0.6 is 0 Å². The Balaban J connectivity index is 1.47. The SMILES string of the molecule is CCn1cc(-c2cc(Cn3ccnc3)cc3c2CCN([C@H](c2cc(OC)ccn2)C2CC2)C3=O)c(C(F)(F)F)n1. The molecule has 3 aromatic heterocycles. The first kappa shape index (κ1) is 26.1. The lowest BCUT2D eigenvalue weighted by Crippen LogP contribution is -2.41. The van der Waals surface area contributed by atoms with Crippen LogP contribution < -0.4 is 4.74 Å². The summed E-state index contributed by atoms with van der Waals surface area (Å²) in [5.74, 6) is 0.740. The number of alkyl halides is 3. The molecule has 4 aromatic rings. The number of carbonyl (C=O) groups excluding carboxylic acids is 1. The monoisotopic (exact) mass is 550 g/mol. The van der Waals surface area contributed by atoms with Gasteiger partial charge in [0.05, 0.1) is 25.2 Å². The zero-order valence-corrected chi connectivity index (χ0v) is 22.2. The third kappa shape index (κ3) is 4.84. The molecule has 8 nitrogen and oxygen atoms in total. The molecule has 0 N–H and O–H groups in total. The number of halogens is 3. The first-order chi connectivity index (χ1) is 19.3. The van der Waals surface area contributed by atoms with E-state index < -0.39 is 11.9 Å². The van der Waals surface area contributed by atoms with E-state index in [-0.39, 0.29) is 23.4 Å². The number of aromatic nitrogens is 5. The molecule has 1 aliphatic heterocycles. The smallest absolute Gasteiger partial charge is 0.435 e. The van der Waals surface area contributed by atoms with Gasteiger partial charge in [-0.1, -0.05) is 0 Å². The zero-order valence-electron chi connectivity index (χ0n) is 22.2. The van der Waals surface area contributed by atoms with E-state index in [4.69, 9.17) is 4.74 Å². The number of pyridine rings is 1. The Morgan fingerprint density at radius 3 is 2.60 bits per heavy atom. The summed E-state index contributed by atoms with van der Waals surface area (Å²) in [4.78, 5) is 24.7. The second-order valence-electron chi connectivity index (χ2n) is 10.3. The van der Waals surface area contributed by atoms with E-state index in [0.717, 1.165) is 18.5 Å². The first-order valence-corrected chi connectivity index (χ1v) is 13.3. The quantitative estimate of drug-likeness (QED) is 0.294. The van der Waals surface area contributed by atoms with E-state index in [2.05, 4.69) is 15.1 Å². The maximum atomic E-state index is 14.2. The fraction of sp³-hybridized carbons (Fsp3) is 0.379. The number of imidazole rings is 1. The molecule has 2 aliphatic rings. The van der Waals surface area contributed by atoms with Crippen molar-refractivity contribution in [2.75, 3.05) is 13.7 Å². The Bertz CT molecular complexity index is 1540. The van der Waals surface area contributed by atoms with Gasteiger partial charge >= 0.3 is 6.18 Å². The number of carbonyl (C=O) groups is 1. The topological polar surface area (TPSA) is 78.1 Å². The van der Waals surface area contributed by atoms with Crippen molar-refractivity contribution in [1.29, 1.82) is 0 Å². The fourth-order valence-electron chi connectivity index (χ4n) is 5.64. The van der Waals surface area contributed by atoms with Crippen LogP contribution in [0.4, 0.5) is 13.2 Å². The summed E-state index contributed by atoms with van der Waals surface area (Å²) in [6, 6.07) is 6.97. The molecule has 0 saturated heterocycles. The molecule has 1 aromatic carbocycles. The van der Waals surface area contributed by atoms with Crippen molar-refractivity contribution < 1.29 is 22.7 Å². The van der Waals surface area contributed by atoms with Crippen molar-refractivity contribution in [3.05, 3.63) is 83.5 Å². The van der Waals surface area contributed by atoms with Crippen molar-refractivity contribution in [3.63, 3.8) is 0 Å². The number of hydrogen-bond acceptors (Lipinski definition) is 5. The van der Waals surface area contributed by atoms with Gasteiger partial charge in [-0.05, 0) is 67.0 Å². The minimum Gasteiger partial charge on any atom is -0.497 e. The summed E-state index contributed by atoms with van der Waals surface area (Å²) in [5.41, 5.74) is 1.96. The number of rotatable bonds is 8. The Morgan fingerprint density at radius 1 is 1.12 bits per heavy atom. The molecule has 1 aliphatic carbocycles. The zero-order chi connectivity index (χ0) is 28.0. The highest BCUT2D eigenvalue weighted by Crippen LogP contribution is 2.47. The molecule has 11 heteroatoms. The first-order valence-electron chi connectivity index (χ1n) is 13.3. The molecule has 0 spiro atoms. The molecule has 208 valence electrons. The molecule has 1 saturated carbocycles. The molecule has 1 amide bonds. The molecule has 0 unspecified atom stereocenters. The normalized spacial score (nSPS) is 16.2. The van der Waals surface area contributed by atoms with Crippen molar-refractivity contribution >= 4 is 5.91 Å². The summed E-state index contributed by atoms with van der Waals surface area (Å²) in [6.45, 7) is 2.78. The van der Waals surface area contributed by atoms with Crippen molar-refractivity contribution in [1.82, 2.24) is 29.2 Å². The van der Waals surface area contributed by atoms with Crippen LogP contribution in [0.3, 0.4) is 0 Å².